The number of hydrogen-bond donors (Lipinski definition) is 3. The van der Waals surface area contributed by atoms with E-state index in [2.05, 4.69) is 15.4 Å². The number of carbonyl (C=O) groups excluding carboxylic acids is 3. The van der Waals surface area contributed by atoms with Gasteiger partial charge >= 0.3 is 6.36 Å². The summed E-state index contributed by atoms with van der Waals surface area (Å²) in [5.74, 6) is -3.19. The zero-order valence-corrected chi connectivity index (χ0v) is 22.1. The Morgan fingerprint density at radius 1 is 1.26 bits per heavy atom. The van der Waals surface area contributed by atoms with E-state index in [1.165, 1.54) is 0 Å². The van der Waals surface area contributed by atoms with Crippen molar-refractivity contribution in [1.29, 1.82) is 0 Å². The number of benzene rings is 1. The standard InChI is InChI=1S/C24H31F3N4O6S/c1-14(2)10-20(31(38(35)36)17-4-5-19-15(11-17)7-9-30(19)3)23(34)29-18(12-16-6-8-28-22(16)33)21(32)13-37-24(25,26)27/h4-5,7,9,11,14,16,18,20,38H,6,8,10,12-13H2,1-3H3,(H,28,33)(H,29,34)/t16-,18-,20-/m0/s1. The molecule has 0 aliphatic carbocycles. The first kappa shape index (κ1) is 29.4. The number of halogens is 3. The average Bonchev–Trinajstić information content (AvgIpc) is 3.40. The minimum Gasteiger partial charge on any atom is -0.356 e. The molecule has 1 aromatic carbocycles. The Hall–Kier alpha value is -3.13. The molecule has 1 fully saturated rings. The molecule has 14 heteroatoms. The molecule has 10 nitrogen and oxygen atoms in total. The largest absolute Gasteiger partial charge is 0.522 e. The summed E-state index contributed by atoms with van der Waals surface area (Å²) in [6.45, 7) is 2.53. The van der Waals surface area contributed by atoms with Crippen molar-refractivity contribution in [3.05, 3.63) is 30.5 Å². The molecule has 1 aromatic heterocycles. The number of nitrogens with zero attached hydrogens (tertiary/aromatic N) is 2. The number of ether oxygens (including phenoxy) is 1. The van der Waals surface area contributed by atoms with Gasteiger partial charge in [0.05, 0.1) is 11.7 Å². The maximum Gasteiger partial charge on any atom is 0.522 e. The first-order valence-electron chi connectivity index (χ1n) is 12.1. The first-order valence-corrected chi connectivity index (χ1v) is 13.2. The molecule has 1 saturated heterocycles. The van der Waals surface area contributed by atoms with Crippen molar-refractivity contribution < 1.29 is 40.7 Å². The van der Waals surface area contributed by atoms with Crippen LogP contribution < -0.4 is 14.9 Å². The lowest BCUT2D eigenvalue weighted by molar-refractivity contribution is -0.321. The van der Waals surface area contributed by atoms with Gasteiger partial charge in [-0.1, -0.05) is 13.8 Å². The molecule has 3 atom stereocenters. The van der Waals surface area contributed by atoms with E-state index >= 15 is 0 Å². The predicted molar refractivity (Wildman–Crippen MR) is 134 cm³/mol. The van der Waals surface area contributed by atoms with E-state index in [0.29, 0.717) is 13.0 Å². The van der Waals surface area contributed by atoms with Crippen LogP contribution in [0.5, 0.6) is 0 Å². The Morgan fingerprint density at radius 3 is 2.55 bits per heavy atom. The lowest BCUT2D eigenvalue weighted by atomic mass is 9.95. The summed E-state index contributed by atoms with van der Waals surface area (Å²) in [7, 11) is -1.50. The fourth-order valence-electron chi connectivity index (χ4n) is 4.51. The van der Waals surface area contributed by atoms with E-state index in [1.54, 1.807) is 44.3 Å². The molecule has 38 heavy (non-hydrogen) atoms. The van der Waals surface area contributed by atoms with Crippen molar-refractivity contribution in [2.75, 3.05) is 17.5 Å². The van der Waals surface area contributed by atoms with Gasteiger partial charge in [0.1, 0.15) is 12.6 Å². The zero-order valence-electron chi connectivity index (χ0n) is 21.2. The lowest BCUT2D eigenvalue weighted by Crippen LogP contribution is -2.53. The summed E-state index contributed by atoms with van der Waals surface area (Å²) in [4.78, 5) is 38.2. The van der Waals surface area contributed by atoms with Crippen LogP contribution in [0.25, 0.3) is 10.9 Å². The molecule has 0 saturated carbocycles. The number of thiol groups is 1. The Balaban J connectivity index is 1.91. The molecule has 2 amide bonds. The number of Topliss-reactive ketones (excluding diaryl/α,β-unsaturated/α-hetero) is 1. The molecule has 0 unspecified atom stereocenters. The Labute approximate surface area is 219 Å². The van der Waals surface area contributed by atoms with Gasteiger partial charge < -0.3 is 15.2 Å². The third-order valence-corrected chi connectivity index (χ3v) is 7.23. The second-order valence-corrected chi connectivity index (χ2v) is 10.6. The minimum atomic E-state index is -5.07. The molecule has 2 heterocycles. The number of ketones is 1. The summed E-state index contributed by atoms with van der Waals surface area (Å²) in [5.41, 5.74) is 1.06. The molecular weight excluding hydrogens is 529 g/mol. The van der Waals surface area contributed by atoms with Gasteiger partial charge in [-0.3, -0.25) is 23.4 Å². The second-order valence-electron chi connectivity index (χ2n) is 9.67. The third-order valence-electron chi connectivity index (χ3n) is 6.37. The quantitative estimate of drug-likeness (QED) is 0.341. The van der Waals surface area contributed by atoms with Crippen molar-refractivity contribution in [3.8, 4) is 0 Å². The fraction of sp³-hybridized carbons (Fsp3) is 0.542. The molecular formula is C24H31F3N4O6S. The van der Waals surface area contributed by atoms with Crippen LogP contribution in [0.15, 0.2) is 30.5 Å². The van der Waals surface area contributed by atoms with Gasteiger partial charge in [-0.05, 0) is 49.4 Å². The van der Waals surface area contributed by atoms with Gasteiger partial charge in [0.15, 0.2) is 5.78 Å². The Kier molecular flexibility index (Phi) is 9.41. The molecule has 1 aliphatic heterocycles. The van der Waals surface area contributed by atoms with E-state index < -0.39 is 53.6 Å². The van der Waals surface area contributed by atoms with Gasteiger partial charge in [0.2, 0.25) is 22.7 Å². The molecule has 0 bridgehead atoms. The minimum absolute atomic E-state index is 0.0614. The molecule has 1 aliphatic rings. The average molecular weight is 561 g/mol. The number of anilines is 1. The van der Waals surface area contributed by atoms with Gasteiger partial charge in [-0.15, -0.1) is 13.2 Å². The van der Waals surface area contributed by atoms with E-state index in [9.17, 15) is 36.0 Å². The molecule has 2 N–H and O–H groups in total. The van der Waals surface area contributed by atoms with Crippen LogP contribution in [0.1, 0.15) is 33.1 Å². The Bertz CT molecular complexity index is 1250. The van der Waals surface area contributed by atoms with Gasteiger partial charge in [0.25, 0.3) is 0 Å². The maximum atomic E-state index is 13.5. The number of fused-ring (bicyclic) bond motifs is 1. The molecule has 2 aromatic rings. The van der Waals surface area contributed by atoms with Crippen molar-refractivity contribution in [3.63, 3.8) is 0 Å². The molecule has 210 valence electrons. The van der Waals surface area contributed by atoms with Gasteiger partial charge in [-0.25, -0.2) is 8.42 Å². The van der Waals surface area contributed by atoms with Crippen molar-refractivity contribution in [2.45, 2.75) is 51.6 Å². The highest BCUT2D eigenvalue weighted by atomic mass is 32.2. The SMILES string of the molecule is CC(C)C[C@@H](C(=O)N[C@@H](C[C@@H]1CCNC1=O)C(=O)COC(F)(F)F)N(c1ccc2c(ccn2C)c1)[SH](=O)=O. The van der Waals surface area contributed by atoms with Crippen LogP contribution in [0, 0.1) is 11.8 Å². The summed E-state index contributed by atoms with van der Waals surface area (Å²) < 4.78 is 69.0. The zero-order chi connectivity index (χ0) is 28.2. The van der Waals surface area contributed by atoms with E-state index in [4.69, 9.17) is 0 Å². The number of alkyl halides is 3. The predicted octanol–water partition coefficient (Wildman–Crippen LogP) is 2.04. The lowest BCUT2D eigenvalue weighted by Gasteiger charge is -2.30. The van der Waals surface area contributed by atoms with E-state index in [1.807, 2.05) is 11.6 Å². The molecule has 0 spiro atoms. The highest BCUT2D eigenvalue weighted by Crippen LogP contribution is 2.27. The number of carbonyl (C=O) groups is 3. The van der Waals surface area contributed by atoms with Crippen LogP contribution in [0.3, 0.4) is 0 Å². The maximum absolute atomic E-state index is 13.5. The normalized spacial score (nSPS) is 17.6. The number of rotatable bonds is 12. The van der Waals surface area contributed by atoms with E-state index in [-0.39, 0.29) is 30.4 Å². The molecule has 0 radical (unpaired) electrons. The van der Waals surface area contributed by atoms with Gasteiger partial charge in [0, 0.05) is 36.6 Å². The highest BCUT2D eigenvalue weighted by Gasteiger charge is 2.37. The third kappa shape index (κ3) is 7.47. The van der Waals surface area contributed by atoms with Crippen LogP contribution >= 0.6 is 0 Å². The fourth-order valence-corrected chi connectivity index (χ4v) is 5.25. The van der Waals surface area contributed by atoms with Crippen LogP contribution in [0.4, 0.5) is 18.9 Å². The van der Waals surface area contributed by atoms with Crippen LogP contribution in [-0.4, -0.2) is 62.2 Å². The number of nitrogens with one attached hydrogen (secondary N) is 2. The van der Waals surface area contributed by atoms with E-state index in [0.717, 1.165) is 15.2 Å². The summed E-state index contributed by atoms with van der Waals surface area (Å²) in [6.07, 6.45) is -3.11. The second kappa shape index (κ2) is 12.2. The topological polar surface area (TPSA) is 127 Å². The summed E-state index contributed by atoms with van der Waals surface area (Å²) >= 11 is 0. The summed E-state index contributed by atoms with van der Waals surface area (Å²) in [5, 5.41) is 5.74. The Morgan fingerprint density at radius 2 is 1.97 bits per heavy atom. The number of hydrogen-bond acceptors (Lipinski definition) is 6. The summed E-state index contributed by atoms with van der Waals surface area (Å²) in [6, 6.07) is 3.87. The van der Waals surface area contributed by atoms with Gasteiger partial charge in [-0.2, -0.15) is 0 Å². The van der Waals surface area contributed by atoms with Crippen LogP contribution in [-0.2, 0) is 37.1 Å². The van der Waals surface area contributed by atoms with Crippen LogP contribution in [0.2, 0.25) is 0 Å². The van der Waals surface area contributed by atoms with Crippen molar-refractivity contribution in [1.82, 2.24) is 15.2 Å². The van der Waals surface area contributed by atoms with Crippen molar-refractivity contribution >= 4 is 45.1 Å². The smallest absolute Gasteiger partial charge is 0.356 e. The highest BCUT2D eigenvalue weighted by molar-refractivity contribution is 7.74. The van der Waals surface area contributed by atoms with Crippen molar-refractivity contribution in [2.24, 2.45) is 18.9 Å². The first-order chi connectivity index (χ1) is 17.8. The molecule has 3 rings (SSSR count). The number of aryl methyl sites for hydroxylation is 1. The number of amides is 2. The number of aromatic nitrogens is 1. The monoisotopic (exact) mass is 560 g/mol.